The van der Waals surface area contributed by atoms with Crippen molar-refractivity contribution in [1.29, 1.82) is 0 Å². The van der Waals surface area contributed by atoms with Gasteiger partial charge in [0, 0.05) is 32.7 Å². The maximum absolute atomic E-state index is 12.5. The molecular weight excluding hydrogens is 368 g/mol. The first-order chi connectivity index (χ1) is 12.8. The quantitative estimate of drug-likeness (QED) is 0.584. The summed E-state index contributed by atoms with van der Waals surface area (Å²) >= 11 is 0. The van der Waals surface area contributed by atoms with Gasteiger partial charge in [-0.2, -0.15) is 0 Å². The third-order valence-corrected chi connectivity index (χ3v) is 6.17. The molecule has 0 aliphatic carbocycles. The Morgan fingerprint density at radius 2 is 1.93 bits per heavy atom. The van der Waals surface area contributed by atoms with Crippen LogP contribution in [-0.4, -0.2) is 53.3 Å². The van der Waals surface area contributed by atoms with Crippen LogP contribution in [0.2, 0.25) is 0 Å². The Morgan fingerprint density at radius 3 is 2.56 bits per heavy atom. The summed E-state index contributed by atoms with van der Waals surface area (Å²) in [6.45, 7) is 8.04. The number of benzene rings is 1. The van der Waals surface area contributed by atoms with Crippen molar-refractivity contribution in [3.8, 4) is 0 Å². The van der Waals surface area contributed by atoms with Gasteiger partial charge in [0.2, 0.25) is 15.9 Å². The number of rotatable bonds is 10. The summed E-state index contributed by atoms with van der Waals surface area (Å²) in [4.78, 5) is 12.1. The molecule has 1 fully saturated rings. The number of sulfonamides is 1. The monoisotopic (exact) mass is 398 g/mol. The number of carbonyl (C=O) groups is 1. The zero-order valence-corrected chi connectivity index (χ0v) is 17.2. The van der Waals surface area contributed by atoms with Crippen LogP contribution in [0.1, 0.15) is 36.0 Å². The lowest BCUT2D eigenvalue weighted by Crippen LogP contribution is -2.32. The van der Waals surface area contributed by atoms with Crippen LogP contribution < -0.4 is 10.0 Å². The highest BCUT2D eigenvalue weighted by Gasteiger charge is 2.20. The second-order valence-electron chi connectivity index (χ2n) is 6.94. The van der Waals surface area contributed by atoms with Gasteiger partial charge in [-0.15, -0.1) is 0 Å². The zero-order valence-electron chi connectivity index (χ0n) is 16.3. The second-order valence-corrected chi connectivity index (χ2v) is 8.64. The summed E-state index contributed by atoms with van der Waals surface area (Å²) < 4.78 is 38.4. The van der Waals surface area contributed by atoms with E-state index in [-0.39, 0.29) is 25.0 Å². The Balaban J connectivity index is 1.68. The maximum Gasteiger partial charge on any atom is 0.241 e. The molecule has 0 saturated carbocycles. The highest BCUT2D eigenvalue weighted by molar-refractivity contribution is 7.89. The molecule has 2 rings (SSSR count). The normalized spacial score (nSPS) is 17.2. The number of carbonyl (C=O) groups excluding carboxylic acids is 1. The lowest BCUT2D eigenvalue weighted by Gasteiger charge is -2.13. The first-order valence-electron chi connectivity index (χ1n) is 9.33. The molecule has 27 heavy (non-hydrogen) atoms. The van der Waals surface area contributed by atoms with Crippen molar-refractivity contribution in [2.75, 3.05) is 32.9 Å². The Morgan fingerprint density at radius 1 is 1.22 bits per heavy atom. The molecule has 1 aliphatic rings. The van der Waals surface area contributed by atoms with Crippen LogP contribution >= 0.6 is 0 Å². The Kier molecular flexibility index (Phi) is 8.22. The van der Waals surface area contributed by atoms with Gasteiger partial charge in [0.05, 0.1) is 17.6 Å². The predicted molar refractivity (Wildman–Crippen MR) is 103 cm³/mol. The minimum atomic E-state index is -3.63. The van der Waals surface area contributed by atoms with Gasteiger partial charge < -0.3 is 14.8 Å². The number of nitrogens with one attached hydrogen (secondary N) is 2. The lowest BCUT2D eigenvalue weighted by molar-refractivity contribution is -0.120. The van der Waals surface area contributed by atoms with Crippen LogP contribution in [-0.2, 0) is 24.3 Å². The highest BCUT2D eigenvalue weighted by Crippen LogP contribution is 2.21. The minimum Gasteiger partial charge on any atom is -0.379 e. The van der Waals surface area contributed by atoms with Gasteiger partial charge in [0.1, 0.15) is 0 Å². The van der Waals surface area contributed by atoms with E-state index in [0.29, 0.717) is 35.8 Å². The molecule has 2 N–H and O–H groups in total. The highest BCUT2D eigenvalue weighted by atomic mass is 32.2. The zero-order chi connectivity index (χ0) is 19.9. The predicted octanol–water partition coefficient (Wildman–Crippen LogP) is 1.59. The molecule has 0 unspecified atom stereocenters. The van der Waals surface area contributed by atoms with Crippen molar-refractivity contribution in [3.63, 3.8) is 0 Å². The first-order valence-corrected chi connectivity index (χ1v) is 10.8. The Hall–Kier alpha value is -1.48. The van der Waals surface area contributed by atoms with Crippen molar-refractivity contribution in [2.24, 2.45) is 0 Å². The van der Waals surface area contributed by atoms with E-state index in [1.165, 1.54) is 0 Å². The van der Waals surface area contributed by atoms with Gasteiger partial charge in [-0.25, -0.2) is 13.1 Å². The smallest absolute Gasteiger partial charge is 0.241 e. The van der Waals surface area contributed by atoms with Crippen LogP contribution in [0.5, 0.6) is 0 Å². The molecule has 0 spiro atoms. The summed E-state index contributed by atoms with van der Waals surface area (Å²) in [7, 11) is -3.63. The molecule has 1 heterocycles. The molecule has 8 heteroatoms. The van der Waals surface area contributed by atoms with Crippen LogP contribution in [0.25, 0.3) is 0 Å². The van der Waals surface area contributed by atoms with Crippen molar-refractivity contribution in [2.45, 2.75) is 51.0 Å². The summed E-state index contributed by atoms with van der Waals surface area (Å²) in [6.07, 6.45) is 1.91. The van der Waals surface area contributed by atoms with Crippen LogP contribution in [0.4, 0.5) is 0 Å². The molecule has 1 saturated heterocycles. The first kappa shape index (κ1) is 21.8. The van der Waals surface area contributed by atoms with E-state index >= 15 is 0 Å². The van der Waals surface area contributed by atoms with Crippen molar-refractivity contribution >= 4 is 15.9 Å². The van der Waals surface area contributed by atoms with E-state index in [9.17, 15) is 13.2 Å². The third-order valence-electron chi connectivity index (χ3n) is 4.40. The summed E-state index contributed by atoms with van der Waals surface area (Å²) in [5, 5.41) is 2.78. The van der Waals surface area contributed by atoms with Crippen molar-refractivity contribution in [3.05, 3.63) is 28.8 Å². The van der Waals surface area contributed by atoms with Crippen LogP contribution in [0.15, 0.2) is 17.0 Å². The van der Waals surface area contributed by atoms with Gasteiger partial charge in [0.25, 0.3) is 0 Å². The maximum atomic E-state index is 12.5. The third kappa shape index (κ3) is 6.88. The molecule has 7 nitrogen and oxygen atoms in total. The minimum absolute atomic E-state index is 0.0663. The van der Waals surface area contributed by atoms with Crippen LogP contribution in [0, 0.1) is 20.8 Å². The Labute approximate surface area is 161 Å². The summed E-state index contributed by atoms with van der Waals surface area (Å²) in [5.74, 6) is -0.181. The van der Waals surface area contributed by atoms with Gasteiger partial charge in [-0.1, -0.05) is 17.7 Å². The van der Waals surface area contributed by atoms with E-state index in [2.05, 4.69) is 10.0 Å². The lowest BCUT2D eigenvalue weighted by atomic mass is 10.1. The number of amides is 1. The van der Waals surface area contributed by atoms with Gasteiger partial charge in [0.15, 0.2) is 0 Å². The van der Waals surface area contributed by atoms with Crippen molar-refractivity contribution in [1.82, 2.24) is 10.0 Å². The standard InChI is InChI=1S/C19H30N2O5S/c1-14-11-15(2)19(16(3)12-14)27(23,24)21-8-5-18(22)20-7-4-9-26-17-6-10-25-13-17/h11-12,17,21H,4-10,13H2,1-3H3,(H,20,22)/t17-/m0/s1. The molecule has 152 valence electrons. The fourth-order valence-electron chi connectivity index (χ4n) is 3.24. The number of aryl methyl sites for hydroxylation is 3. The van der Waals surface area contributed by atoms with Crippen molar-refractivity contribution < 1.29 is 22.7 Å². The number of hydrogen-bond donors (Lipinski definition) is 2. The molecule has 1 aromatic carbocycles. The second kappa shape index (κ2) is 10.2. The summed E-state index contributed by atoms with van der Waals surface area (Å²) in [5.41, 5.74) is 2.43. The van der Waals surface area contributed by atoms with E-state index in [4.69, 9.17) is 9.47 Å². The molecule has 1 aliphatic heterocycles. The number of ether oxygens (including phenoxy) is 2. The SMILES string of the molecule is Cc1cc(C)c(S(=O)(=O)NCCC(=O)NCCCO[C@H]2CCOC2)c(C)c1. The van der Waals surface area contributed by atoms with Gasteiger partial charge in [-0.05, 0) is 44.7 Å². The van der Waals surface area contributed by atoms with E-state index in [0.717, 1.165) is 25.0 Å². The molecular formula is C19H30N2O5S. The Bertz CT molecular complexity index is 719. The summed E-state index contributed by atoms with van der Waals surface area (Å²) in [6, 6.07) is 3.68. The van der Waals surface area contributed by atoms with Gasteiger partial charge >= 0.3 is 0 Å². The molecule has 0 radical (unpaired) electrons. The van der Waals surface area contributed by atoms with E-state index in [1.54, 1.807) is 13.8 Å². The van der Waals surface area contributed by atoms with Gasteiger partial charge in [-0.3, -0.25) is 4.79 Å². The van der Waals surface area contributed by atoms with E-state index in [1.807, 2.05) is 19.1 Å². The number of hydrogen-bond acceptors (Lipinski definition) is 5. The molecule has 1 amide bonds. The van der Waals surface area contributed by atoms with Crippen LogP contribution in [0.3, 0.4) is 0 Å². The fraction of sp³-hybridized carbons (Fsp3) is 0.632. The molecule has 0 bridgehead atoms. The molecule has 1 atom stereocenters. The largest absolute Gasteiger partial charge is 0.379 e. The average Bonchev–Trinajstić information content (AvgIpc) is 3.06. The fourth-order valence-corrected chi connectivity index (χ4v) is 4.73. The van der Waals surface area contributed by atoms with E-state index < -0.39 is 10.0 Å². The molecule has 1 aromatic rings. The topological polar surface area (TPSA) is 93.7 Å². The average molecular weight is 399 g/mol. The molecule has 0 aromatic heterocycles.